The Morgan fingerprint density at radius 1 is 1.08 bits per heavy atom. The van der Waals surface area contributed by atoms with Crippen molar-refractivity contribution < 1.29 is 18.3 Å². The van der Waals surface area contributed by atoms with Crippen molar-refractivity contribution in [3.05, 3.63) is 53.6 Å². The van der Waals surface area contributed by atoms with Gasteiger partial charge in [-0.3, -0.25) is 4.72 Å². The molecule has 0 spiro atoms. The molecule has 2 aromatic carbocycles. The van der Waals surface area contributed by atoms with Gasteiger partial charge >= 0.3 is 5.97 Å². The van der Waals surface area contributed by atoms with Crippen molar-refractivity contribution in [3.63, 3.8) is 0 Å². The van der Waals surface area contributed by atoms with Crippen molar-refractivity contribution >= 4 is 27.4 Å². The van der Waals surface area contributed by atoms with Crippen LogP contribution in [0.1, 0.15) is 28.8 Å². The smallest absolute Gasteiger partial charge is 0.337 e. The highest BCUT2D eigenvalue weighted by Gasteiger charge is 2.21. The Labute approximate surface area is 147 Å². The Balaban J connectivity index is 1.91. The number of sulfonamides is 1. The third-order valence-electron chi connectivity index (χ3n) is 4.26. The molecule has 2 aromatic rings. The van der Waals surface area contributed by atoms with E-state index >= 15 is 0 Å². The molecule has 7 heteroatoms. The minimum absolute atomic E-state index is 0.103. The molecule has 0 radical (unpaired) electrons. The Hall–Kier alpha value is -2.54. The summed E-state index contributed by atoms with van der Waals surface area (Å²) < 4.78 is 27.4. The molecule has 1 fully saturated rings. The predicted molar refractivity (Wildman–Crippen MR) is 96.8 cm³/mol. The van der Waals surface area contributed by atoms with Gasteiger partial charge in [-0.25, -0.2) is 13.2 Å². The molecule has 0 saturated carbocycles. The molecule has 0 amide bonds. The SMILES string of the molecule is Cc1ccc(S(=O)(=O)Nc2ccc(N3CCCC3)c(C(=O)O)c2)cc1. The highest BCUT2D eigenvalue weighted by atomic mass is 32.2. The molecule has 1 heterocycles. The van der Waals surface area contributed by atoms with E-state index in [0.717, 1.165) is 31.5 Å². The van der Waals surface area contributed by atoms with Gasteiger partial charge in [-0.05, 0) is 50.1 Å². The number of benzene rings is 2. The number of carbonyl (C=O) groups is 1. The molecule has 6 nitrogen and oxygen atoms in total. The summed E-state index contributed by atoms with van der Waals surface area (Å²) in [5, 5.41) is 9.49. The van der Waals surface area contributed by atoms with Crippen LogP contribution in [-0.4, -0.2) is 32.6 Å². The van der Waals surface area contributed by atoms with Gasteiger partial charge in [0.1, 0.15) is 0 Å². The normalized spacial score (nSPS) is 14.5. The van der Waals surface area contributed by atoms with E-state index in [4.69, 9.17) is 0 Å². The molecular weight excluding hydrogens is 340 g/mol. The Bertz CT molecular complexity index is 886. The van der Waals surface area contributed by atoms with Gasteiger partial charge in [0.25, 0.3) is 10.0 Å². The lowest BCUT2D eigenvalue weighted by Gasteiger charge is -2.20. The van der Waals surface area contributed by atoms with E-state index in [1.807, 2.05) is 11.8 Å². The fourth-order valence-electron chi connectivity index (χ4n) is 2.94. The number of hydrogen-bond acceptors (Lipinski definition) is 4. The van der Waals surface area contributed by atoms with Crippen LogP contribution in [0, 0.1) is 6.92 Å². The van der Waals surface area contributed by atoms with Crippen molar-refractivity contribution in [1.29, 1.82) is 0 Å². The van der Waals surface area contributed by atoms with E-state index in [1.165, 1.54) is 18.2 Å². The van der Waals surface area contributed by atoms with E-state index < -0.39 is 16.0 Å². The first-order valence-corrected chi connectivity index (χ1v) is 9.57. The van der Waals surface area contributed by atoms with Gasteiger partial charge in [-0.15, -0.1) is 0 Å². The van der Waals surface area contributed by atoms with Gasteiger partial charge in [0, 0.05) is 18.8 Å². The molecule has 0 aromatic heterocycles. The topological polar surface area (TPSA) is 86.7 Å². The second-order valence-corrected chi connectivity index (χ2v) is 7.83. The maximum Gasteiger partial charge on any atom is 0.337 e. The van der Waals surface area contributed by atoms with Crippen LogP contribution in [0.25, 0.3) is 0 Å². The lowest BCUT2D eigenvalue weighted by Crippen LogP contribution is -2.21. The molecule has 132 valence electrons. The quantitative estimate of drug-likeness (QED) is 0.856. The Morgan fingerprint density at radius 3 is 2.32 bits per heavy atom. The van der Waals surface area contributed by atoms with E-state index in [1.54, 1.807) is 24.3 Å². The zero-order chi connectivity index (χ0) is 18.0. The number of aromatic carboxylic acids is 1. The van der Waals surface area contributed by atoms with Crippen LogP contribution in [0.4, 0.5) is 11.4 Å². The zero-order valence-corrected chi connectivity index (χ0v) is 14.7. The van der Waals surface area contributed by atoms with Gasteiger partial charge in [0.15, 0.2) is 0 Å². The summed E-state index contributed by atoms with van der Waals surface area (Å²) in [5.74, 6) is -1.07. The van der Waals surface area contributed by atoms with Crippen molar-refractivity contribution in [2.45, 2.75) is 24.7 Å². The van der Waals surface area contributed by atoms with Gasteiger partial charge in [-0.1, -0.05) is 17.7 Å². The third kappa shape index (κ3) is 3.76. The first-order valence-electron chi connectivity index (χ1n) is 8.08. The molecule has 0 bridgehead atoms. The first-order chi connectivity index (χ1) is 11.9. The maximum absolute atomic E-state index is 12.5. The number of aryl methyl sites for hydroxylation is 1. The fourth-order valence-corrected chi connectivity index (χ4v) is 3.99. The number of rotatable bonds is 5. The average molecular weight is 360 g/mol. The van der Waals surface area contributed by atoms with Crippen LogP contribution in [-0.2, 0) is 10.0 Å². The lowest BCUT2D eigenvalue weighted by atomic mass is 10.1. The maximum atomic E-state index is 12.5. The third-order valence-corrected chi connectivity index (χ3v) is 5.65. The Kier molecular flexibility index (Phi) is 4.67. The Morgan fingerprint density at radius 2 is 1.72 bits per heavy atom. The van der Waals surface area contributed by atoms with Gasteiger partial charge in [0.2, 0.25) is 0 Å². The number of nitrogens with one attached hydrogen (secondary N) is 1. The molecule has 0 aliphatic carbocycles. The van der Waals surface area contributed by atoms with Crippen molar-refractivity contribution in [2.75, 3.05) is 22.7 Å². The minimum Gasteiger partial charge on any atom is -0.478 e. The zero-order valence-electron chi connectivity index (χ0n) is 13.9. The van der Waals surface area contributed by atoms with Crippen molar-refractivity contribution in [2.24, 2.45) is 0 Å². The summed E-state index contributed by atoms with van der Waals surface area (Å²) in [7, 11) is -3.76. The molecular formula is C18H20N2O4S. The molecule has 3 rings (SSSR count). The molecule has 1 saturated heterocycles. The van der Waals surface area contributed by atoms with Crippen molar-refractivity contribution in [1.82, 2.24) is 0 Å². The number of carboxylic acids is 1. The van der Waals surface area contributed by atoms with Crippen LogP contribution in [0.15, 0.2) is 47.4 Å². The summed E-state index contributed by atoms with van der Waals surface area (Å²) in [5.41, 5.74) is 1.93. The van der Waals surface area contributed by atoms with E-state index in [9.17, 15) is 18.3 Å². The predicted octanol–water partition coefficient (Wildman–Crippen LogP) is 3.09. The molecule has 0 atom stereocenters. The van der Waals surface area contributed by atoms with Crippen LogP contribution < -0.4 is 9.62 Å². The molecule has 1 aliphatic rings. The van der Waals surface area contributed by atoms with Crippen molar-refractivity contribution in [3.8, 4) is 0 Å². The number of anilines is 2. The largest absolute Gasteiger partial charge is 0.478 e. The minimum atomic E-state index is -3.76. The first kappa shape index (κ1) is 17.3. The van der Waals surface area contributed by atoms with Crippen LogP contribution >= 0.6 is 0 Å². The fraction of sp³-hybridized carbons (Fsp3) is 0.278. The number of nitrogens with zero attached hydrogens (tertiary/aromatic N) is 1. The second kappa shape index (κ2) is 6.76. The lowest BCUT2D eigenvalue weighted by molar-refractivity contribution is 0.0697. The molecule has 25 heavy (non-hydrogen) atoms. The summed E-state index contributed by atoms with van der Waals surface area (Å²) in [6.07, 6.45) is 2.06. The van der Waals surface area contributed by atoms with E-state index in [2.05, 4.69) is 4.72 Å². The monoisotopic (exact) mass is 360 g/mol. The van der Waals surface area contributed by atoms with Crippen LogP contribution in [0.2, 0.25) is 0 Å². The molecule has 2 N–H and O–H groups in total. The van der Waals surface area contributed by atoms with Gasteiger partial charge in [-0.2, -0.15) is 0 Å². The summed E-state index contributed by atoms with van der Waals surface area (Å²) in [4.78, 5) is 13.8. The van der Waals surface area contributed by atoms with E-state index in [-0.39, 0.29) is 16.1 Å². The highest BCUT2D eigenvalue weighted by Crippen LogP contribution is 2.28. The molecule has 1 aliphatic heterocycles. The molecule has 0 unspecified atom stereocenters. The summed E-state index contributed by atoms with van der Waals surface area (Å²) in [6.45, 7) is 3.50. The van der Waals surface area contributed by atoms with E-state index in [0.29, 0.717) is 5.69 Å². The summed E-state index contributed by atoms with van der Waals surface area (Å²) in [6, 6.07) is 11.1. The average Bonchev–Trinajstić information content (AvgIpc) is 3.09. The number of carboxylic acid groups (broad SMARTS) is 1. The number of hydrogen-bond donors (Lipinski definition) is 2. The van der Waals surface area contributed by atoms with Gasteiger partial charge < -0.3 is 10.0 Å². The highest BCUT2D eigenvalue weighted by molar-refractivity contribution is 7.92. The van der Waals surface area contributed by atoms with Crippen LogP contribution in [0.5, 0.6) is 0 Å². The summed E-state index contributed by atoms with van der Waals surface area (Å²) >= 11 is 0. The standard InChI is InChI=1S/C18H20N2O4S/c1-13-4-7-15(8-5-13)25(23,24)19-14-6-9-17(16(12-14)18(21)22)20-10-2-3-11-20/h4-9,12,19H,2-3,10-11H2,1H3,(H,21,22). The van der Waals surface area contributed by atoms with Crippen LogP contribution in [0.3, 0.4) is 0 Å². The second-order valence-electron chi connectivity index (χ2n) is 6.15. The van der Waals surface area contributed by atoms with Gasteiger partial charge in [0.05, 0.1) is 16.1 Å².